The van der Waals surface area contributed by atoms with Crippen molar-refractivity contribution in [2.45, 2.75) is 0 Å². The Morgan fingerprint density at radius 2 is 2.11 bits per heavy atom. The van der Waals surface area contributed by atoms with Gasteiger partial charge in [0.1, 0.15) is 12.4 Å². The molecule has 4 nitrogen and oxygen atoms in total. The molecule has 6 heteroatoms. The van der Waals surface area contributed by atoms with Crippen LogP contribution in [0.1, 0.15) is 0 Å². The van der Waals surface area contributed by atoms with Crippen molar-refractivity contribution in [2.24, 2.45) is 0 Å². The number of sulfone groups is 1. The van der Waals surface area contributed by atoms with Gasteiger partial charge in [0.25, 0.3) is 0 Å². The van der Waals surface area contributed by atoms with Crippen LogP contribution in [0.2, 0.25) is 5.02 Å². The largest absolute Gasteiger partial charge is 0.491 e. The number of benzene rings is 1. The monoisotopic (exact) mass is 288 g/mol. The van der Waals surface area contributed by atoms with Crippen molar-refractivity contribution in [3.63, 3.8) is 0 Å². The molecule has 18 heavy (non-hydrogen) atoms. The van der Waals surface area contributed by atoms with Crippen molar-refractivity contribution in [2.75, 3.05) is 37.7 Å². The van der Waals surface area contributed by atoms with Gasteiger partial charge in [-0.1, -0.05) is 23.7 Å². The number of halogens is 1. The first-order chi connectivity index (χ1) is 8.57. The Balaban J connectivity index is 1.75. The highest BCUT2D eigenvalue weighted by Gasteiger charge is 2.21. The quantitative estimate of drug-likeness (QED) is 0.837. The fourth-order valence-electron chi connectivity index (χ4n) is 1.77. The lowest BCUT2D eigenvalue weighted by molar-refractivity contribution is 0.219. The van der Waals surface area contributed by atoms with Crippen LogP contribution < -0.4 is 4.74 Å². The fourth-order valence-corrected chi connectivity index (χ4v) is 3.23. The predicted molar refractivity (Wildman–Crippen MR) is 70.9 cm³/mol. The molecule has 1 aliphatic rings. The van der Waals surface area contributed by atoms with Crippen LogP contribution in [0.4, 0.5) is 0 Å². The smallest absolute Gasteiger partial charge is 0.152 e. The maximum atomic E-state index is 11.3. The average molecular weight is 289 g/mol. The zero-order valence-electron chi connectivity index (χ0n) is 9.93. The summed E-state index contributed by atoms with van der Waals surface area (Å²) in [4.78, 5) is 2.08. The van der Waals surface area contributed by atoms with Gasteiger partial charge in [0, 0.05) is 25.7 Å². The molecular weight excluding hydrogens is 274 g/mol. The molecule has 1 fully saturated rings. The number of hydrogen-bond donors (Lipinski definition) is 0. The van der Waals surface area contributed by atoms with Crippen molar-refractivity contribution in [1.82, 2.24) is 4.90 Å². The molecule has 1 saturated heterocycles. The summed E-state index contributed by atoms with van der Waals surface area (Å²) in [7, 11) is -2.81. The molecule has 0 spiro atoms. The van der Waals surface area contributed by atoms with E-state index in [-0.39, 0.29) is 11.5 Å². The molecule has 0 N–H and O–H groups in total. The minimum absolute atomic E-state index is 0.243. The van der Waals surface area contributed by atoms with E-state index in [4.69, 9.17) is 16.3 Å². The van der Waals surface area contributed by atoms with E-state index in [1.165, 1.54) is 0 Å². The molecule has 0 unspecified atom stereocenters. The van der Waals surface area contributed by atoms with Crippen molar-refractivity contribution >= 4 is 21.4 Å². The summed E-state index contributed by atoms with van der Waals surface area (Å²) >= 11 is 5.91. The van der Waals surface area contributed by atoms with Crippen LogP contribution in [0.3, 0.4) is 0 Å². The van der Waals surface area contributed by atoms with Crippen LogP contribution in [0.5, 0.6) is 5.75 Å². The Labute approximate surface area is 112 Å². The van der Waals surface area contributed by atoms with Crippen molar-refractivity contribution in [1.29, 1.82) is 0 Å². The third kappa shape index (κ3) is 3.86. The van der Waals surface area contributed by atoms with Crippen LogP contribution in [0.25, 0.3) is 0 Å². The second-order valence-electron chi connectivity index (χ2n) is 4.19. The standard InChI is InChI=1S/C12H15ClNO3S/c13-11-3-1-2-4-12(11)17-8-5-14-6-9-18(15,16)10-7-14/h1-2,4H,5-10H2. The Morgan fingerprint density at radius 3 is 2.78 bits per heavy atom. The molecule has 2 rings (SSSR count). The fraction of sp³-hybridized carbons (Fsp3) is 0.500. The van der Waals surface area contributed by atoms with Crippen molar-refractivity contribution in [3.05, 3.63) is 29.3 Å². The highest BCUT2D eigenvalue weighted by molar-refractivity contribution is 7.91. The van der Waals surface area contributed by atoms with Gasteiger partial charge >= 0.3 is 0 Å². The normalized spacial score (nSPS) is 19.6. The van der Waals surface area contributed by atoms with Crippen molar-refractivity contribution in [3.8, 4) is 5.75 Å². The maximum absolute atomic E-state index is 11.3. The summed E-state index contributed by atoms with van der Waals surface area (Å²) in [6.07, 6.45) is 0. The lowest BCUT2D eigenvalue weighted by Crippen LogP contribution is -2.42. The van der Waals surface area contributed by atoms with Gasteiger partial charge in [0.2, 0.25) is 0 Å². The lowest BCUT2D eigenvalue weighted by atomic mass is 10.3. The zero-order chi connectivity index (χ0) is 13.0. The van der Waals surface area contributed by atoms with Gasteiger partial charge in [-0.25, -0.2) is 8.42 Å². The molecular formula is C12H15ClNO3S. The molecule has 0 aromatic heterocycles. The van der Waals surface area contributed by atoms with Crippen LogP contribution in [-0.2, 0) is 9.84 Å². The summed E-state index contributed by atoms with van der Waals surface area (Å²) in [6, 6.07) is 8.18. The minimum atomic E-state index is -2.81. The molecule has 0 bridgehead atoms. The molecule has 0 amide bonds. The van der Waals surface area contributed by atoms with Crippen LogP contribution in [0, 0.1) is 6.07 Å². The average Bonchev–Trinajstić information content (AvgIpc) is 2.34. The topological polar surface area (TPSA) is 46.6 Å². The first-order valence-corrected chi connectivity index (χ1v) is 7.98. The van der Waals surface area contributed by atoms with E-state index >= 15 is 0 Å². The summed E-state index contributed by atoms with van der Waals surface area (Å²) in [5.74, 6) is 1.10. The van der Waals surface area contributed by atoms with Gasteiger partial charge in [0.15, 0.2) is 9.84 Å². The minimum Gasteiger partial charge on any atom is -0.491 e. The number of rotatable bonds is 4. The summed E-state index contributed by atoms with van der Waals surface area (Å²) in [5, 5.41) is 0.471. The van der Waals surface area contributed by atoms with Gasteiger partial charge in [-0.15, -0.1) is 0 Å². The molecule has 1 radical (unpaired) electrons. The van der Waals surface area contributed by atoms with Gasteiger partial charge in [-0.3, -0.25) is 4.90 Å². The second kappa shape index (κ2) is 5.91. The Morgan fingerprint density at radius 1 is 1.39 bits per heavy atom. The summed E-state index contributed by atoms with van der Waals surface area (Å²) < 4.78 is 28.1. The van der Waals surface area contributed by atoms with Crippen molar-refractivity contribution < 1.29 is 13.2 Å². The van der Waals surface area contributed by atoms with Gasteiger partial charge in [-0.05, 0) is 6.07 Å². The Hall–Kier alpha value is -0.780. The van der Waals surface area contributed by atoms with E-state index in [0.29, 0.717) is 37.0 Å². The molecule has 99 valence electrons. The molecule has 1 aromatic carbocycles. The van der Waals surface area contributed by atoms with E-state index in [2.05, 4.69) is 11.0 Å². The Bertz CT molecular complexity index is 490. The molecule has 1 aromatic rings. The van der Waals surface area contributed by atoms with Crippen LogP contribution >= 0.6 is 11.6 Å². The highest BCUT2D eigenvalue weighted by Crippen LogP contribution is 2.22. The molecule has 1 heterocycles. The zero-order valence-corrected chi connectivity index (χ0v) is 11.5. The summed E-state index contributed by atoms with van der Waals surface area (Å²) in [6.45, 7) is 2.37. The SMILES string of the molecule is O=S1(=O)CCN(CCOc2ccc[c]c2Cl)CC1. The van der Waals surface area contributed by atoms with E-state index < -0.39 is 9.84 Å². The molecule has 1 aliphatic heterocycles. The Kier molecular flexibility index (Phi) is 4.48. The summed E-state index contributed by atoms with van der Waals surface area (Å²) in [5.41, 5.74) is 0. The second-order valence-corrected chi connectivity index (χ2v) is 6.87. The van der Waals surface area contributed by atoms with Gasteiger partial charge in [-0.2, -0.15) is 0 Å². The van der Waals surface area contributed by atoms with E-state index in [1.807, 2.05) is 6.07 Å². The lowest BCUT2D eigenvalue weighted by Gasteiger charge is -2.26. The number of nitrogens with zero attached hydrogens (tertiary/aromatic N) is 1. The van der Waals surface area contributed by atoms with Crippen LogP contribution in [-0.4, -0.2) is 51.1 Å². The highest BCUT2D eigenvalue weighted by atomic mass is 35.5. The van der Waals surface area contributed by atoms with Gasteiger partial charge < -0.3 is 4.74 Å². The molecule has 0 atom stereocenters. The molecule has 0 saturated carbocycles. The molecule has 0 aliphatic carbocycles. The predicted octanol–water partition coefficient (Wildman–Crippen LogP) is 1.25. The maximum Gasteiger partial charge on any atom is 0.152 e. The third-order valence-corrected chi connectivity index (χ3v) is 4.78. The number of ether oxygens (including phenoxy) is 1. The van der Waals surface area contributed by atoms with Crippen LogP contribution in [0.15, 0.2) is 18.2 Å². The first kappa shape index (κ1) is 13.6. The van der Waals surface area contributed by atoms with Gasteiger partial charge in [0.05, 0.1) is 16.5 Å². The third-order valence-electron chi connectivity index (χ3n) is 2.87. The van der Waals surface area contributed by atoms with E-state index in [1.54, 1.807) is 12.1 Å². The first-order valence-electron chi connectivity index (χ1n) is 5.79. The number of hydrogen-bond acceptors (Lipinski definition) is 4. The van der Waals surface area contributed by atoms with E-state index in [0.717, 1.165) is 0 Å². The van der Waals surface area contributed by atoms with E-state index in [9.17, 15) is 8.42 Å².